The zero-order chi connectivity index (χ0) is 24.7. The van der Waals surface area contributed by atoms with Gasteiger partial charge in [-0.3, -0.25) is 4.18 Å². The van der Waals surface area contributed by atoms with Crippen LogP contribution in [0.4, 0.5) is 0 Å². The number of aryl methyl sites for hydroxylation is 1. The van der Waals surface area contributed by atoms with Gasteiger partial charge in [0.2, 0.25) is 0 Å². The molecule has 8 heteroatoms. The molecule has 1 heterocycles. The standard InChI is InChI=1S/C27H30O7S/c1-20-13-15-23(16-14-20)35(28,29)34-26-25(32-18-22-11-7-4-8-12-22)24(33-27(26)30-2)19-31-17-21-9-5-3-6-10-21/h3-16,24-27H,17-19H2,1-2H3/t24-,25+,26-,27?/m1/s1. The first-order valence-electron chi connectivity index (χ1n) is 11.4. The van der Waals surface area contributed by atoms with Crippen molar-refractivity contribution in [2.24, 2.45) is 0 Å². The van der Waals surface area contributed by atoms with Crippen LogP contribution in [0.3, 0.4) is 0 Å². The lowest BCUT2D eigenvalue weighted by molar-refractivity contribution is -0.152. The lowest BCUT2D eigenvalue weighted by Crippen LogP contribution is -2.40. The van der Waals surface area contributed by atoms with Gasteiger partial charge >= 0.3 is 0 Å². The average molecular weight is 499 g/mol. The van der Waals surface area contributed by atoms with Crippen LogP contribution in [0.1, 0.15) is 16.7 Å². The molecular weight excluding hydrogens is 468 g/mol. The molecular formula is C27H30O7S. The molecule has 0 aromatic heterocycles. The minimum atomic E-state index is -4.09. The van der Waals surface area contributed by atoms with Gasteiger partial charge in [0, 0.05) is 7.11 Å². The minimum Gasteiger partial charge on any atom is -0.374 e. The van der Waals surface area contributed by atoms with Crippen LogP contribution >= 0.6 is 0 Å². The maximum absolute atomic E-state index is 13.1. The van der Waals surface area contributed by atoms with E-state index in [4.69, 9.17) is 23.1 Å². The number of benzene rings is 3. The monoisotopic (exact) mass is 498 g/mol. The Balaban J connectivity index is 1.51. The third kappa shape index (κ3) is 6.76. The summed E-state index contributed by atoms with van der Waals surface area (Å²) in [6, 6.07) is 25.9. The van der Waals surface area contributed by atoms with Crippen LogP contribution in [-0.2, 0) is 46.5 Å². The van der Waals surface area contributed by atoms with Crippen LogP contribution in [0.25, 0.3) is 0 Å². The van der Waals surface area contributed by atoms with Crippen molar-refractivity contribution in [1.29, 1.82) is 0 Å². The molecule has 0 amide bonds. The first-order chi connectivity index (χ1) is 17.0. The Labute approximate surface area is 206 Å². The van der Waals surface area contributed by atoms with Crippen molar-refractivity contribution in [2.75, 3.05) is 13.7 Å². The predicted octanol–water partition coefficient (Wildman–Crippen LogP) is 4.24. The molecule has 0 N–H and O–H groups in total. The third-order valence-electron chi connectivity index (χ3n) is 5.73. The van der Waals surface area contributed by atoms with Gasteiger partial charge in [0.15, 0.2) is 12.4 Å². The Kier molecular flexibility index (Phi) is 8.67. The summed E-state index contributed by atoms with van der Waals surface area (Å²) in [5.74, 6) is 0. The zero-order valence-corrected chi connectivity index (χ0v) is 20.6. The maximum atomic E-state index is 13.1. The van der Waals surface area contributed by atoms with Crippen LogP contribution in [0.2, 0.25) is 0 Å². The smallest absolute Gasteiger partial charge is 0.297 e. The van der Waals surface area contributed by atoms with E-state index in [0.717, 1.165) is 16.7 Å². The molecule has 0 aliphatic carbocycles. The van der Waals surface area contributed by atoms with Crippen LogP contribution < -0.4 is 0 Å². The topological polar surface area (TPSA) is 80.3 Å². The summed E-state index contributed by atoms with van der Waals surface area (Å²) in [6.45, 7) is 2.71. The first-order valence-corrected chi connectivity index (χ1v) is 12.8. The van der Waals surface area contributed by atoms with E-state index < -0.39 is 34.7 Å². The highest BCUT2D eigenvalue weighted by atomic mass is 32.2. The second kappa shape index (κ2) is 11.9. The van der Waals surface area contributed by atoms with Gasteiger partial charge < -0.3 is 18.9 Å². The zero-order valence-electron chi connectivity index (χ0n) is 19.8. The van der Waals surface area contributed by atoms with Crippen LogP contribution in [0.15, 0.2) is 89.8 Å². The summed E-state index contributed by atoms with van der Waals surface area (Å²) in [6.07, 6.45) is -3.29. The molecule has 0 spiro atoms. The van der Waals surface area contributed by atoms with E-state index in [2.05, 4.69) is 0 Å². The summed E-state index contributed by atoms with van der Waals surface area (Å²) in [5.41, 5.74) is 2.91. The fourth-order valence-corrected chi connectivity index (χ4v) is 4.93. The summed E-state index contributed by atoms with van der Waals surface area (Å²) in [7, 11) is -2.64. The predicted molar refractivity (Wildman–Crippen MR) is 130 cm³/mol. The van der Waals surface area contributed by atoms with Gasteiger partial charge in [0.1, 0.15) is 12.2 Å². The Morgan fingerprint density at radius 3 is 2.00 bits per heavy atom. The molecule has 3 aromatic rings. The highest BCUT2D eigenvalue weighted by molar-refractivity contribution is 7.86. The SMILES string of the molecule is COC1O[C@H](COCc2ccccc2)[C@H](OCc2ccccc2)[C@H]1OS(=O)(=O)c1ccc(C)cc1. The number of hydrogen-bond donors (Lipinski definition) is 0. The molecule has 35 heavy (non-hydrogen) atoms. The van der Waals surface area contributed by atoms with Gasteiger partial charge in [-0.15, -0.1) is 0 Å². The minimum absolute atomic E-state index is 0.0588. The first kappa shape index (κ1) is 25.5. The molecule has 186 valence electrons. The van der Waals surface area contributed by atoms with Gasteiger partial charge in [0.05, 0.1) is 24.7 Å². The number of methoxy groups -OCH3 is 1. The van der Waals surface area contributed by atoms with E-state index in [1.54, 1.807) is 12.1 Å². The molecule has 1 fully saturated rings. The van der Waals surface area contributed by atoms with Crippen LogP contribution in [0.5, 0.6) is 0 Å². The summed E-state index contributed by atoms with van der Waals surface area (Å²) < 4.78 is 55.3. The van der Waals surface area contributed by atoms with Crippen molar-refractivity contribution in [3.05, 3.63) is 102 Å². The summed E-state index contributed by atoms with van der Waals surface area (Å²) >= 11 is 0. The number of rotatable bonds is 11. The van der Waals surface area contributed by atoms with E-state index in [0.29, 0.717) is 6.61 Å². The highest BCUT2D eigenvalue weighted by Crippen LogP contribution is 2.31. The molecule has 0 radical (unpaired) electrons. The van der Waals surface area contributed by atoms with Gasteiger partial charge in [-0.2, -0.15) is 8.42 Å². The molecule has 1 saturated heterocycles. The second-order valence-electron chi connectivity index (χ2n) is 8.37. The van der Waals surface area contributed by atoms with Gasteiger partial charge in [-0.05, 0) is 30.2 Å². The summed E-state index contributed by atoms with van der Waals surface area (Å²) in [5, 5.41) is 0. The van der Waals surface area contributed by atoms with Crippen molar-refractivity contribution in [3.8, 4) is 0 Å². The molecule has 4 atom stereocenters. The average Bonchev–Trinajstić information content (AvgIpc) is 3.19. The molecule has 1 aliphatic heterocycles. The molecule has 1 unspecified atom stereocenters. The number of ether oxygens (including phenoxy) is 4. The van der Waals surface area contributed by atoms with E-state index in [9.17, 15) is 8.42 Å². The van der Waals surface area contributed by atoms with Crippen molar-refractivity contribution in [3.63, 3.8) is 0 Å². The Hall–Kier alpha value is -2.59. The van der Waals surface area contributed by atoms with E-state index in [1.165, 1.54) is 19.2 Å². The fourth-order valence-electron chi connectivity index (χ4n) is 3.86. The van der Waals surface area contributed by atoms with Gasteiger partial charge in [0.25, 0.3) is 10.1 Å². The molecule has 1 aliphatic rings. The van der Waals surface area contributed by atoms with Crippen molar-refractivity contribution in [1.82, 2.24) is 0 Å². The van der Waals surface area contributed by atoms with Crippen molar-refractivity contribution < 1.29 is 31.5 Å². The molecule has 0 saturated carbocycles. The lowest BCUT2D eigenvalue weighted by Gasteiger charge is -2.24. The second-order valence-corrected chi connectivity index (χ2v) is 9.94. The highest BCUT2D eigenvalue weighted by Gasteiger charge is 2.49. The van der Waals surface area contributed by atoms with E-state index in [1.807, 2.05) is 67.6 Å². The molecule has 4 rings (SSSR count). The summed E-state index contributed by atoms with van der Waals surface area (Å²) in [4.78, 5) is 0.0588. The number of hydrogen-bond acceptors (Lipinski definition) is 7. The Morgan fingerprint density at radius 1 is 0.800 bits per heavy atom. The molecule has 7 nitrogen and oxygen atoms in total. The fraction of sp³-hybridized carbons (Fsp3) is 0.333. The normalized spacial score (nSPS) is 22.3. The quantitative estimate of drug-likeness (QED) is 0.366. The van der Waals surface area contributed by atoms with Crippen LogP contribution in [0, 0.1) is 6.92 Å². The van der Waals surface area contributed by atoms with Crippen LogP contribution in [-0.4, -0.2) is 46.7 Å². The third-order valence-corrected chi connectivity index (χ3v) is 7.05. The van der Waals surface area contributed by atoms with Crippen molar-refractivity contribution >= 4 is 10.1 Å². The Bertz CT molecular complexity index is 1150. The van der Waals surface area contributed by atoms with Crippen molar-refractivity contribution in [2.45, 2.75) is 49.6 Å². The van der Waals surface area contributed by atoms with Gasteiger partial charge in [-0.25, -0.2) is 0 Å². The molecule has 0 bridgehead atoms. The van der Waals surface area contributed by atoms with E-state index in [-0.39, 0.29) is 18.1 Å². The van der Waals surface area contributed by atoms with E-state index >= 15 is 0 Å². The largest absolute Gasteiger partial charge is 0.374 e. The lowest BCUT2D eigenvalue weighted by atomic mass is 10.1. The Morgan fingerprint density at radius 2 is 1.40 bits per heavy atom. The van der Waals surface area contributed by atoms with Gasteiger partial charge in [-0.1, -0.05) is 78.4 Å². The molecule has 3 aromatic carbocycles. The maximum Gasteiger partial charge on any atom is 0.297 e.